The summed E-state index contributed by atoms with van der Waals surface area (Å²) in [6.45, 7) is 4.29. The first-order valence-electron chi connectivity index (χ1n) is 12.9. The molecule has 2 fully saturated rings. The highest BCUT2D eigenvalue weighted by Gasteiger charge is 2.27. The number of pyridine rings is 1. The average molecular weight is 493 g/mol. The molecule has 2 aliphatic carbocycles. The Morgan fingerprint density at radius 1 is 1.06 bits per heavy atom. The molecule has 1 aromatic carbocycles. The van der Waals surface area contributed by atoms with Gasteiger partial charge in [-0.25, -0.2) is 4.39 Å². The van der Waals surface area contributed by atoms with E-state index >= 15 is 0 Å². The van der Waals surface area contributed by atoms with Crippen LogP contribution in [0.25, 0.3) is 22.2 Å². The Morgan fingerprint density at radius 2 is 1.78 bits per heavy atom. The van der Waals surface area contributed by atoms with Crippen LogP contribution in [-0.2, 0) is 4.79 Å². The molecule has 2 aromatic heterocycles. The monoisotopic (exact) mass is 492 g/mol. The van der Waals surface area contributed by atoms with Crippen molar-refractivity contribution < 1.29 is 18.7 Å². The van der Waals surface area contributed by atoms with Crippen LogP contribution in [-0.4, -0.2) is 40.5 Å². The van der Waals surface area contributed by atoms with Crippen LogP contribution in [0.2, 0.25) is 0 Å². The molecule has 0 atom stereocenters. The molecule has 2 saturated carbocycles. The topological polar surface area (TPSA) is 96.1 Å². The third-order valence-corrected chi connectivity index (χ3v) is 7.26. The number of fused-ring (bicyclic) bond motifs is 1. The van der Waals surface area contributed by atoms with Crippen LogP contribution in [0.15, 0.2) is 30.5 Å². The lowest BCUT2D eigenvalue weighted by Gasteiger charge is -2.29. The van der Waals surface area contributed by atoms with Crippen LogP contribution >= 0.6 is 0 Å². The van der Waals surface area contributed by atoms with E-state index in [0.29, 0.717) is 35.8 Å². The Labute approximate surface area is 210 Å². The Kier molecular flexibility index (Phi) is 6.94. The van der Waals surface area contributed by atoms with Gasteiger partial charge in [-0.3, -0.25) is 14.6 Å². The first-order chi connectivity index (χ1) is 17.4. The summed E-state index contributed by atoms with van der Waals surface area (Å²) in [5.74, 6) is 0.607. The fourth-order valence-electron chi connectivity index (χ4n) is 5.01. The lowest BCUT2D eigenvalue weighted by Crippen LogP contribution is -2.43. The number of ether oxygens (including phenoxy) is 1. The zero-order valence-electron chi connectivity index (χ0n) is 20.8. The molecule has 3 aromatic rings. The largest absolute Gasteiger partial charge is 0.493 e. The average Bonchev–Trinajstić information content (AvgIpc) is 3.63. The first-order valence-corrected chi connectivity index (χ1v) is 12.9. The number of amides is 2. The SMILES string of the molecule is CCC(=O)N[C@H]1CC[C@H](NC(=O)c2c(C)[nH]c3c(-c4ccc(F)cc4OCC4CC4)ccnc23)CC1. The number of nitrogens with zero attached hydrogens (tertiary/aromatic N) is 1. The number of hydrogen-bond donors (Lipinski definition) is 3. The molecule has 5 rings (SSSR count). The second kappa shape index (κ2) is 10.3. The van der Waals surface area contributed by atoms with E-state index in [2.05, 4.69) is 20.6 Å². The normalized spacial score (nSPS) is 19.8. The van der Waals surface area contributed by atoms with E-state index in [9.17, 15) is 14.0 Å². The molecule has 0 aliphatic heterocycles. The summed E-state index contributed by atoms with van der Waals surface area (Å²) >= 11 is 0. The number of halogens is 1. The van der Waals surface area contributed by atoms with Crippen LogP contribution in [0.3, 0.4) is 0 Å². The van der Waals surface area contributed by atoms with E-state index in [0.717, 1.165) is 60.9 Å². The van der Waals surface area contributed by atoms with Gasteiger partial charge in [-0.1, -0.05) is 6.92 Å². The smallest absolute Gasteiger partial charge is 0.255 e. The summed E-state index contributed by atoms with van der Waals surface area (Å²) < 4.78 is 20.0. The molecule has 0 unspecified atom stereocenters. The van der Waals surface area contributed by atoms with Gasteiger partial charge in [0.05, 0.1) is 17.7 Å². The van der Waals surface area contributed by atoms with Crippen LogP contribution in [0, 0.1) is 18.7 Å². The number of carbonyl (C=O) groups excluding carboxylic acids is 2. The molecule has 8 heteroatoms. The summed E-state index contributed by atoms with van der Waals surface area (Å²) in [5.41, 5.74) is 4.16. The molecule has 3 N–H and O–H groups in total. The first kappa shape index (κ1) is 24.3. The van der Waals surface area contributed by atoms with E-state index in [1.54, 1.807) is 12.3 Å². The third kappa shape index (κ3) is 5.22. The zero-order chi connectivity index (χ0) is 25.2. The maximum Gasteiger partial charge on any atom is 0.255 e. The highest BCUT2D eigenvalue weighted by atomic mass is 19.1. The van der Waals surface area contributed by atoms with Gasteiger partial charge in [-0.2, -0.15) is 0 Å². The maximum absolute atomic E-state index is 14.0. The minimum absolute atomic E-state index is 0.0549. The Balaban J connectivity index is 1.36. The van der Waals surface area contributed by atoms with Gasteiger partial charge >= 0.3 is 0 Å². The predicted molar refractivity (Wildman–Crippen MR) is 136 cm³/mol. The number of hydrogen-bond acceptors (Lipinski definition) is 4. The fraction of sp³-hybridized carbons (Fsp3) is 0.464. The summed E-state index contributed by atoms with van der Waals surface area (Å²) in [6.07, 6.45) is 7.78. The van der Waals surface area contributed by atoms with Crippen LogP contribution in [0.1, 0.15) is 67.9 Å². The number of aromatic amines is 1. The number of rotatable bonds is 8. The number of H-pyrrole nitrogens is 1. The minimum atomic E-state index is -0.346. The van der Waals surface area contributed by atoms with Gasteiger partial charge in [0.25, 0.3) is 5.91 Å². The van der Waals surface area contributed by atoms with Crippen molar-refractivity contribution in [2.24, 2.45) is 5.92 Å². The number of aryl methyl sites for hydroxylation is 1. The molecule has 190 valence electrons. The summed E-state index contributed by atoms with van der Waals surface area (Å²) in [6, 6.07) is 6.66. The molecular formula is C28H33FN4O3. The third-order valence-electron chi connectivity index (χ3n) is 7.26. The molecule has 0 bridgehead atoms. The molecule has 7 nitrogen and oxygen atoms in total. The number of carbonyl (C=O) groups is 2. The van der Waals surface area contributed by atoms with Crippen molar-refractivity contribution in [2.45, 2.75) is 70.9 Å². The number of benzene rings is 1. The molecule has 2 amide bonds. The molecule has 2 heterocycles. The molecule has 0 radical (unpaired) electrons. The highest BCUT2D eigenvalue weighted by Crippen LogP contribution is 2.38. The van der Waals surface area contributed by atoms with Gasteiger partial charge in [0.1, 0.15) is 17.1 Å². The van der Waals surface area contributed by atoms with Crippen molar-refractivity contribution >= 4 is 22.8 Å². The van der Waals surface area contributed by atoms with E-state index in [1.807, 2.05) is 19.9 Å². The van der Waals surface area contributed by atoms with Gasteiger partial charge in [-0.05, 0) is 69.6 Å². The molecule has 0 spiro atoms. The summed E-state index contributed by atoms with van der Waals surface area (Å²) in [4.78, 5) is 32.9. The van der Waals surface area contributed by atoms with Gasteiger partial charge < -0.3 is 20.4 Å². The highest BCUT2D eigenvalue weighted by molar-refractivity contribution is 6.09. The quantitative estimate of drug-likeness (QED) is 0.411. The second-order valence-corrected chi connectivity index (χ2v) is 10.0. The fourth-order valence-corrected chi connectivity index (χ4v) is 5.01. The van der Waals surface area contributed by atoms with Gasteiger partial charge in [0.2, 0.25) is 5.91 Å². The van der Waals surface area contributed by atoms with Crippen LogP contribution in [0.4, 0.5) is 4.39 Å². The van der Waals surface area contributed by atoms with Crippen molar-refractivity contribution in [3.8, 4) is 16.9 Å². The van der Waals surface area contributed by atoms with Crippen molar-refractivity contribution in [1.29, 1.82) is 0 Å². The van der Waals surface area contributed by atoms with E-state index < -0.39 is 0 Å². The van der Waals surface area contributed by atoms with Crippen molar-refractivity contribution in [3.05, 3.63) is 47.5 Å². The van der Waals surface area contributed by atoms with E-state index in [1.165, 1.54) is 12.1 Å². The van der Waals surface area contributed by atoms with Gasteiger partial charge in [0.15, 0.2) is 0 Å². The van der Waals surface area contributed by atoms with E-state index in [-0.39, 0.29) is 29.7 Å². The van der Waals surface area contributed by atoms with Gasteiger partial charge in [0, 0.05) is 47.6 Å². The zero-order valence-corrected chi connectivity index (χ0v) is 20.8. The standard InChI is InChI=1S/C28H33FN4O3/c1-3-24(34)32-19-7-9-20(10-8-19)33-28(35)25-16(2)31-26-22(12-13-30-27(25)26)21-11-6-18(29)14-23(21)36-15-17-4-5-17/h6,11-14,17,19-20,31H,3-5,7-10,15H2,1-2H3,(H,32,34)(H,33,35)/t19-,20-. The molecule has 36 heavy (non-hydrogen) atoms. The van der Waals surface area contributed by atoms with Gasteiger partial charge in [-0.15, -0.1) is 0 Å². The van der Waals surface area contributed by atoms with Crippen molar-refractivity contribution in [3.63, 3.8) is 0 Å². The second-order valence-electron chi connectivity index (χ2n) is 10.0. The van der Waals surface area contributed by atoms with Crippen molar-refractivity contribution in [2.75, 3.05) is 6.61 Å². The number of aromatic nitrogens is 2. The lowest BCUT2D eigenvalue weighted by atomic mass is 9.91. The lowest BCUT2D eigenvalue weighted by molar-refractivity contribution is -0.121. The maximum atomic E-state index is 14.0. The van der Waals surface area contributed by atoms with Crippen molar-refractivity contribution in [1.82, 2.24) is 20.6 Å². The van der Waals surface area contributed by atoms with Crippen LogP contribution in [0.5, 0.6) is 5.75 Å². The van der Waals surface area contributed by atoms with E-state index in [4.69, 9.17) is 4.74 Å². The Hall–Kier alpha value is -3.42. The Bertz CT molecular complexity index is 1280. The Morgan fingerprint density at radius 3 is 2.47 bits per heavy atom. The van der Waals surface area contributed by atoms with Crippen LogP contribution < -0.4 is 15.4 Å². The molecule has 0 saturated heterocycles. The summed E-state index contributed by atoms with van der Waals surface area (Å²) in [7, 11) is 0. The predicted octanol–water partition coefficient (Wildman–Crippen LogP) is 5.03. The summed E-state index contributed by atoms with van der Waals surface area (Å²) in [5, 5.41) is 6.23. The minimum Gasteiger partial charge on any atom is -0.493 e. The number of nitrogens with one attached hydrogen (secondary N) is 3. The molecular weight excluding hydrogens is 459 g/mol. The molecule has 2 aliphatic rings.